The van der Waals surface area contributed by atoms with Gasteiger partial charge in [-0.05, 0) is 42.7 Å². The Hall–Kier alpha value is -3.16. The monoisotopic (exact) mass is 463 g/mol. The van der Waals surface area contributed by atoms with Crippen LogP contribution in [0.4, 0.5) is 5.00 Å². The Labute approximate surface area is 196 Å². The van der Waals surface area contributed by atoms with Gasteiger partial charge in [-0.3, -0.25) is 14.8 Å². The van der Waals surface area contributed by atoms with E-state index >= 15 is 0 Å². The van der Waals surface area contributed by atoms with Gasteiger partial charge >= 0.3 is 0 Å². The molecular formula is C24H25N5O3S. The number of ether oxygens (including phenoxy) is 1. The number of anilines is 1. The van der Waals surface area contributed by atoms with E-state index in [4.69, 9.17) is 4.74 Å². The Bertz CT molecular complexity index is 1110. The molecule has 3 aromatic rings. The fraction of sp³-hybridized carbons (Fsp3) is 0.333. The van der Waals surface area contributed by atoms with Crippen molar-refractivity contribution in [1.82, 2.24) is 14.9 Å². The number of amides is 1. The number of aryl methyl sites for hydroxylation is 1. The molecule has 1 atom stereocenters. The lowest BCUT2D eigenvalue weighted by atomic mass is 10.0. The van der Waals surface area contributed by atoms with Crippen LogP contribution in [-0.2, 0) is 35.3 Å². The van der Waals surface area contributed by atoms with Crippen LogP contribution in [0.2, 0.25) is 0 Å². The van der Waals surface area contributed by atoms with Crippen molar-refractivity contribution < 1.29 is 14.6 Å². The minimum atomic E-state index is -1.04. The van der Waals surface area contributed by atoms with Gasteiger partial charge in [0, 0.05) is 54.6 Å². The topological polar surface area (TPSA) is 111 Å². The number of hydrogen-bond acceptors (Lipinski definition) is 8. The Morgan fingerprint density at radius 2 is 1.94 bits per heavy atom. The number of rotatable bonds is 9. The standard InChI is InChI=1S/C24H25N5O3S/c25-15-20-19-9-13-29(24(31)32-14-10-18-6-2-4-12-27-18)16-21(19)33-23(20)28-22(30)8-7-17-5-1-3-11-26-17/h1-6,11-12,24,31H,7-10,13-14,16H2,(H,28,30). The molecule has 0 bridgehead atoms. The Kier molecular flexibility index (Phi) is 7.75. The van der Waals surface area contributed by atoms with Gasteiger partial charge in [-0.2, -0.15) is 5.26 Å². The van der Waals surface area contributed by atoms with Crippen LogP contribution >= 0.6 is 11.3 Å². The highest BCUT2D eigenvalue weighted by Gasteiger charge is 2.28. The molecule has 0 radical (unpaired) electrons. The van der Waals surface area contributed by atoms with E-state index in [1.165, 1.54) is 11.3 Å². The minimum absolute atomic E-state index is 0.148. The highest BCUT2D eigenvalue weighted by atomic mass is 32.1. The number of aromatic nitrogens is 2. The van der Waals surface area contributed by atoms with Crippen LogP contribution in [0.25, 0.3) is 0 Å². The van der Waals surface area contributed by atoms with Crippen molar-refractivity contribution >= 4 is 22.2 Å². The predicted octanol–water partition coefficient (Wildman–Crippen LogP) is 2.87. The molecule has 33 heavy (non-hydrogen) atoms. The smallest absolute Gasteiger partial charge is 0.225 e. The lowest BCUT2D eigenvalue weighted by molar-refractivity contribution is -0.197. The third-order valence-electron chi connectivity index (χ3n) is 5.45. The van der Waals surface area contributed by atoms with Crippen molar-refractivity contribution in [2.75, 3.05) is 18.5 Å². The molecule has 170 valence electrons. The summed E-state index contributed by atoms with van der Waals surface area (Å²) in [6.45, 7) is 1.38. The largest absolute Gasteiger partial charge is 0.356 e. The molecule has 4 heterocycles. The van der Waals surface area contributed by atoms with Gasteiger partial charge < -0.3 is 15.2 Å². The first kappa shape index (κ1) is 23.0. The summed E-state index contributed by atoms with van der Waals surface area (Å²) in [5.41, 5.74) is 3.23. The van der Waals surface area contributed by atoms with Gasteiger partial charge in [0.25, 0.3) is 0 Å². The number of carbonyl (C=O) groups excluding carboxylic acids is 1. The van der Waals surface area contributed by atoms with Gasteiger partial charge in [-0.25, -0.2) is 4.90 Å². The average Bonchev–Trinajstić information content (AvgIpc) is 3.20. The molecule has 2 N–H and O–H groups in total. The molecule has 9 heteroatoms. The highest BCUT2D eigenvalue weighted by molar-refractivity contribution is 7.16. The zero-order valence-corrected chi connectivity index (χ0v) is 18.9. The van der Waals surface area contributed by atoms with Crippen molar-refractivity contribution in [2.45, 2.75) is 38.6 Å². The number of hydrogen-bond donors (Lipinski definition) is 2. The number of nitrogens with one attached hydrogen (secondary N) is 1. The number of aliphatic hydroxyl groups is 1. The van der Waals surface area contributed by atoms with Crippen molar-refractivity contribution in [1.29, 1.82) is 5.26 Å². The molecule has 0 aromatic carbocycles. The van der Waals surface area contributed by atoms with Crippen molar-refractivity contribution in [3.63, 3.8) is 0 Å². The zero-order chi connectivity index (χ0) is 23.0. The minimum Gasteiger partial charge on any atom is -0.356 e. The number of nitrogens with zero attached hydrogens (tertiary/aromatic N) is 4. The summed E-state index contributed by atoms with van der Waals surface area (Å²) in [7, 11) is 0. The summed E-state index contributed by atoms with van der Waals surface area (Å²) in [5, 5.41) is 23.6. The van der Waals surface area contributed by atoms with Crippen LogP contribution in [-0.4, -0.2) is 45.4 Å². The van der Waals surface area contributed by atoms with E-state index in [1.54, 1.807) is 12.4 Å². The second-order valence-electron chi connectivity index (χ2n) is 7.68. The molecule has 1 amide bonds. The number of carbonyl (C=O) groups is 1. The van der Waals surface area contributed by atoms with Crippen LogP contribution in [0, 0.1) is 11.3 Å². The van der Waals surface area contributed by atoms with Crippen LogP contribution in [0.15, 0.2) is 48.8 Å². The van der Waals surface area contributed by atoms with Crippen LogP contribution in [0.3, 0.4) is 0 Å². The van der Waals surface area contributed by atoms with Gasteiger partial charge in [-0.15, -0.1) is 11.3 Å². The first-order chi connectivity index (χ1) is 16.1. The van der Waals surface area contributed by atoms with E-state index in [1.807, 2.05) is 41.3 Å². The molecule has 4 rings (SSSR count). The molecule has 8 nitrogen and oxygen atoms in total. The summed E-state index contributed by atoms with van der Waals surface area (Å²) in [4.78, 5) is 23.7. The van der Waals surface area contributed by atoms with Crippen molar-refractivity contribution in [2.24, 2.45) is 0 Å². The molecule has 1 aliphatic rings. The summed E-state index contributed by atoms with van der Waals surface area (Å²) >= 11 is 1.39. The SMILES string of the molecule is N#Cc1c(NC(=O)CCc2ccccn2)sc2c1CCN(C(O)OCCc1ccccn1)C2. The van der Waals surface area contributed by atoms with E-state index in [9.17, 15) is 15.2 Å². The van der Waals surface area contributed by atoms with E-state index in [0.717, 1.165) is 21.8 Å². The van der Waals surface area contributed by atoms with Gasteiger partial charge in [-0.1, -0.05) is 12.1 Å². The maximum atomic E-state index is 12.5. The lowest BCUT2D eigenvalue weighted by Gasteiger charge is -2.30. The number of nitriles is 1. The number of pyridine rings is 2. The summed E-state index contributed by atoms with van der Waals surface area (Å²) in [5.74, 6) is -0.148. The van der Waals surface area contributed by atoms with Crippen LogP contribution in [0.1, 0.15) is 33.8 Å². The second kappa shape index (κ2) is 11.1. The fourth-order valence-corrected chi connectivity index (χ4v) is 4.96. The average molecular weight is 464 g/mol. The molecular weight excluding hydrogens is 438 g/mol. The highest BCUT2D eigenvalue weighted by Crippen LogP contribution is 2.37. The zero-order valence-electron chi connectivity index (χ0n) is 18.1. The van der Waals surface area contributed by atoms with E-state index < -0.39 is 6.41 Å². The normalized spacial score (nSPS) is 14.3. The van der Waals surface area contributed by atoms with Crippen LogP contribution in [0.5, 0.6) is 0 Å². The third-order valence-corrected chi connectivity index (χ3v) is 6.58. The fourth-order valence-electron chi connectivity index (χ4n) is 3.72. The number of thiophene rings is 1. The Morgan fingerprint density at radius 3 is 2.61 bits per heavy atom. The van der Waals surface area contributed by atoms with Gasteiger partial charge in [0.05, 0.1) is 12.2 Å². The van der Waals surface area contributed by atoms with E-state index in [-0.39, 0.29) is 5.91 Å². The molecule has 1 aliphatic heterocycles. The van der Waals surface area contributed by atoms with Crippen molar-refractivity contribution in [3.05, 3.63) is 76.2 Å². The Morgan fingerprint density at radius 1 is 1.21 bits per heavy atom. The summed E-state index contributed by atoms with van der Waals surface area (Å²) in [6.07, 6.45) is 4.45. The first-order valence-electron chi connectivity index (χ1n) is 10.8. The number of aliphatic hydroxyl groups excluding tert-OH is 1. The van der Waals surface area contributed by atoms with Gasteiger partial charge in [0.1, 0.15) is 11.1 Å². The molecule has 0 saturated carbocycles. The van der Waals surface area contributed by atoms with Gasteiger partial charge in [0.15, 0.2) is 0 Å². The molecule has 0 aliphatic carbocycles. The van der Waals surface area contributed by atoms with Crippen LogP contribution < -0.4 is 5.32 Å². The van der Waals surface area contributed by atoms with E-state index in [2.05, 4.69) is 21.4 Å². The summed E-state index contributed by atoms with van der Waals surface area (Å²) < 4.78 is 5.61. The summed E-state index contributed by atoms with van der Waals surface area (Å²) in [6, 6.07) is 13.6. The predicted molar refractivity (Wildman–Crippen MR) is 124 cm³/mol. The van der Waals surface area contributed by atoms with Crippen molar-refractivity contribution in [3.8, 4) is 6.07 Å². The second-order valence-corrected chi connectivity index (χ2v) is 8.78. The first-order valence-corrected chi connectivity index (χ1v) is 11.6. The molecule has 0 fully saturated rings. The Balaban J connectivity index is 1.33. The molecule has 3 aromatic heterocycles. The van der Waals surface area contributed by atoms with Gasteiger partial charge in [0.2, 0.25) is 12.3 Å². The molecule has 0 spiro atoms. The maximum absolute atomic E-state index is 12.5. The lowest BCUT2D eigenvalue weighted by Crippen LogP contribution is -2.40. The molecule has 0 saturated heterocycles. The molecule has 1 unspecified atom stereocenters. The third kappa shape index (κ3) is 6.00. The van der Waals surface area contributed by atoms with E-state index in [0.29, 0.717) is 55.9 Å². The maximum Gasteiger partial charge on any atom is 0.225 e. The number of fused-ring (bicyclic) bond motifs is 1. The quantitative estimate of drug-likeness (QED) is 0.469.